The lowest BCUT2D eigenvalue weighted by atomic mass is 9.95. The fourth-order valence-corrected chi connectivity index (χ4v) is 2.91. The third-order valence-corrected chi connectivity index (χ3v) is 4.35. The summed E-state index contributed by atoms with van der Waals surface area (Å²) in [6, 6.07) is 3.80. The maximum atomic E-state index is 12.3. The van der Waals surface area contributed by atoms with Crippen LogP contribution in [0.15, 0.2) is 16.5 Å². The maximum absolute atomic E-state index is 12.3. The van der Waals surface area contributed by atoms with Crippen molar-refractivity contribution in [2.45, 2.75) is 26.3 Å². The van der Waals surface area contributed by atoms with Gasteiger partial charge >= 0.3 is 0 Å². The molecule has 2 heterocycles. The molecule has 0 saturated carbocycles. The molecule has 1 aliphatic rings. The molecule has 0 bridgehead atoms. The van der Waals surface area contributed by atoms with Gasteiger partial charge in [-0.1, -0.05) is 0 Å². The number of likely N-dealkylation sites (N-methyl/N-ethyl adjacent to an activating group) is 1. The minimum atomic E-state index is 0.0800. The second kappa shape index (κ2) is 7.64. The molecule has 0 aliphatic carbocycles. The van der Waals surface area contributed by atoms with Gasteiger partial charge in [0.05, 0.1) is 13.1 Å². The van der Waals surface area contributed by atoms with Crippen molar-refractivity contribution in [2.75, 3.05) is 40.8 Å². The Bertz CT molecular complexity index is 545. The average Bonchev–Trinajstić information content (AvgIpc) is 2.92. The van der Waals surface area contributed by atoms with Gasteiger partial charge in [-0.3, -0.25) is 14.5 Å². The summed E-state index contributed by atoms with van der Waals surface area (Å²) in [5, 5.41) is 0. The number of carbonyl (C=O) groups excluding carboxylic acids is 2. The van der Waals surface area contributed by atoms with E-state index in [1.54, 1.807) is 30.9 Å². The van der Waals surface area contributed by atoms with E-state index in [-0.39, 0.29) is 17.7 Å². The van der Waals surface area contributed by atoms with Gasteiger partial charge in [0.15, 0.2) is 0 Å². The molecule has 1 saturated heterocycles. The van der Waals surface area contributed by atoms with Crippen LogP contribution in [0.3, 0.4) is 0 Å². The highest BCUT2D eigenvalue weighted by molar-refractivity contribution is 5.79. The predicted octanol–water partition coefficient (Wildman–Crippen LogP) is 1.35. The van der Waals surface area contributed by atoms with Crippen molar-refractivity contribution < 1.29 is 14.0 Å². The Morgan fingerprint density at radius 3 is 2.39 bits per heavy atom. The van der Waals surface area contributed by atoms with E-state index >= 15 is 0 Å². The van der Waals surface area contributed by atoms with Gasteiger partial charge in [0.25, 0.3) is 0 Å². The van der Waals surface area contributed by atoms with Crippen molar-refractivity contribution in [3.8, 4) is 0 Å². The van der Waals surface area contributed by atoms with Crippen molar-refractivity contribution in [3.63, 3.8) is 0 Å². The number of amides is 2. The normalized spacial score (nSPS) is 16.3. The van der Waals surface area contributed by atoms with Crippen molar-refractivity contribution >= 4 is 11.8 Å². The fraction of sp³-hybridized carbons (Fsp3) is 0.647. The van der Waals surface area contributed by atoms with E-state index in [2.05, 4.69) is 4.90 Å². The molecule has 6 heteroatoms. The molecule has 0 N–H and O–H groups in total. The SMILES string of the molecule is Cc1ccc(CN(C)C(=O)CN2CCC(C(=O)N(C)C)CC2)o1. The van der Waals surface area contributed by atoms with Crippen molar-refractivity contribution in [1.82, 2.24) is 14.7 Å². The van der Waals surface area contributed by atoms with Gasteiger partial charge in [0.1, 0.15) is 11.5 Å². The van der Waals surface area contributed by atoms with Crippen LogP contribution in [-0.2, 0) is 16.1 Å². The molecule has 0 spiro atoms. The smallest absolute Gasteiger partial charge is 0.236 e. The summed E-state index contributed by atoms with van der Waals surface area (Å²) in [5.41, 5.74) is 0. The van der Waals surface area contributed by atoms with E-state index in [9.17, 15) is 9.59 Å². The second-order valence-electron chi connectivity index (χ2n) is 6.55. The summed E-state index contributed by atoms with van der Waals surface area (Å²) in [6.45, 7) is 4.37. The molecule has 2 rings (SSSR count). The Hall–Kier alpha value is -1.82. The summed E-state index contributed by atoms with van der Waals surface area (Å²) in [5.74, 6) is 2.03. The molecule has 2 amide bonds. The minimum absolute atomic E-state index is 0.0800. The van der Waals surface area contributed by atoms with Crippen LogP contribution < -0.4 is 0 Å². The van der Waals surface area contributed by atoms with Crippen LogP contribution in [0.1, 0.15) is 24.4 Å². The van der Waals surface area contributed by atoms with Crippen LogP contribution in [0.2, 0.25) is 0 Å². The lowest BCUT2D eigenvalue weighted by molar-refractivity contribution is -0.135. The van der Waals surface area contributed by atoms with Crippen LogP contribution in [0.4, 0.5) is 0 Å². The van der Waals surface area contributed by atoms with Crippen LogP contribution in [0.5, 0.6) is 0 Å². The molecule has 0 atom stereocenters. The van der Waals surface area contributed by atoms with Gasteiger partial charge in [-0.2, -0.15) is 0 Å². The minimum Gasteiger partial charge on any atom is -0.464 e. The van der Waals surface area contributed by atoms with Crippen molar-refractivity contribution in [3.05, 3.63) is 23.7 Å². The lowest BCUT2D eigenvalue weighted by Gasteiger charge is -2.32. The third-order valence-electron chi connectivity index (χ3n) is 4.35. The van der Waals surface area contributed by atoms with E-state index in [1.807, 2.05) is 19.1 Å². The van der Waals surface area contributed by atoms with Crippen molar-refractivity contribution in [1.29, 1.82) is 0 Å². The van der Waals surface area contributed by atoms with Crippen LogP contribution >= 0.6 is 0 Å². The molecule has 0 aromatic carbocycles. The number of aryl methyl sites for hydroxylation is 1. The van der Waals surface area contributed by atoms with Gasteiger partial charge in [-0.15, -0.1) is 0 Å². The van der Waals surface area contributed by atoms with E-state index in [4.69, 9.17) is 4.42 Å². The third kappa shape index (κ3) is 4.82. The van der Waals surface area contributed by atoms with E-state index < -0.39 is 0 Å². The number of rotatable bonds is 5. The molecular formula is C17H27N3O3. The summed E-state index contributed by atoms with van der Waals surface area (Å²) in [6.07, 6.45) is 1.65. The first-order chi connectivity index (χ1) is 10.9. The predicted molar refractivity (Wildman–Crippen MR) is 87.8 cm³/mol. The molecule has 128 valence electrons. The van der Waals surface area contributed by atoms with Gasteiger partial charge in [0, 0.05) is 27.1 Å². The number of furan rings is 1. The fourth-order valence-electron chi connectivity index (χ4n) is 2.91. The van der Waals surface area contributed by atoms with Gasteiger partial charge < -0.3 is 14.2 Å². The molecule has 6 nitrogen and oxygen atoms in total. The Kier molecular flexibility index (Phi) is 5.82. The Balaban J connectivity index is 1.77. The zero-order valence-corrected chi connectivity index (χ0v) is 14.5. The number of likely N-dealkylation sites (tertiary alicyclic amines) is 1. The number of hydrogen-bond donors (Lipinski definition) is 0. The Labute approximate surface area is 138 Å². The van der Waals surface area contributed by atoms with Crippen LogP contribution in [0, 0.1) is 12.8 Å². The Morgan fingerprint density at radius 2 is 1.87 bits per heavy atom. The first-order valence-electron chi connectivity index (χ1n) is 8.09. The zero-order valence-electron chi connectivity index (χ0n) is 14.5. The highest BCUT2D eigenvalue weighted by Crippen LogP contribution is 2.19. The number of nitrogens with zero attached hydrogens (tertiary/aromatic N) is 3. The first kappa shape index (κ1) is 17.5. The van der Waals surface area contributed by atoms with Gasteiger partial charge in [-0.25, -0.2) is 0 Å². The van der Waals surface area contributed by atoms with E-state index in [0.29, 0.717) is 13.1 Å². The first-order valence-corrected chi connectivity index (χ1v) is 8.09. The number of carbonyl (C=O) groups is 2. The highest BCUT2D eigenvalue weighted by Gasteiger charge is 2.27. The zero-order chi connectivity index (χ0) is 17.0. The second-order valence-corrected chi connectivity index (χ2v) is 6.55. The molecule has 0 unspecified atom stereocenters. The average molecular weight is 321 g/mol. The molecule has 23 heavy (non-hydrogen) atoms. The lowest BCUT2D eigenvalue weighted by Crippen LogP contribution is -2.44. The Morgan fingerprint density at radius 1 is 1.22 bits per heavy atom. The van der Waals surface area contributed by atoms with Crippen LogP contribution in [0.25, 0.3) is 0 Å². The van der Waals surface area contributed by atoms with Crippen LogP contribution in [-0.4, -0.2) is 67.3 Å². The van der Waals surface area contributed by atoms with E-state index in [0.717, 1.165) is 37.5 Å². The topological polar surface area (TPSA) is 57.0 Å². The molecule has 1 aliphatic heterocycles. The quantitative estimate of drug-likeness (QED) is 0.821. The maximum Gasteiger partial charge on any atom is 0.236 e. The summed E-state index contributed by atoms with van der Waals surface area (Å²) in [4.78, 5) is 29.8. The van der Waals surface area contributed by atoms with Gasteiger partial charge in [0.2, 0.25) is 11.8 Å². The highest BCUT2D eigenvalue weighted by atomic mass is 16.3. The largest absolute Gasteiger partial charge is 0.464 e. The molecular weight excluding hydrogens is 294 g/mol. The van der Waals surface area contributed by atoms with Crippen molar-refractivity contribution in [2.24, 2.45) is 5.92 Å². The summed E-state index contributed by atoms with van der Waals surface area (Å²) >= 11 is 0. The number of piperidine rings is 1. The molecule has 1 aromatic heterocycles. The molecule has 0 radical (unpaired) electrons. The molecule has 1 aromatic rings. The van der Waals surface area contributed by atoms with Gasteiger partial charge in [-0.05, 0) is 45.0 Å². The summed E-state index contributed by atoms with van der Waals surface area (Å²) < 4.78 is 5.51. The van der Waals surface area contributed by atoms with E-state index in [1.165, 1.54) is 0 Å². The molecule has 1 fully saturated rings. The number of hydrogen-bond acceptors (Lipinski definition) is 4. The standard InChI is InChI=1S/C17H27N3O3/c1-13-5-6-15(23-13)11-19(4)16(21)12-20-9-7-14(8-10-20)17(22)18(2)3/h5-6,14H,7-12H2,1-4H3. The summed E-state index contributed by atoms with van der Waals surface area (Å²) in [7, 11) is 5.38. The monoisotopic (exact) mass is 321 g/mol.